The number of nitrogens with zero attached hydrogens (tertiary/aromatic N) is 2. The van der Waals surface area contributed by atoms with Crippen molar-refractivity contribution in [2.75, 3.05) is 27.2 Å². The number of fused-ring (bicyclic) bond motifs is 4. The molecule has 1 aromatic carbocycles. The SMILES string of the molecule is CC(O)C(NC(=O)C12CC3OC(=O)C1N(Cc1cccc(C=CC(=O)N(C)C)c1)OC2C1OC(C2CC2)(C2CC2)OC31)C(=O)NCCO. The van der Waals surface area contributed by atoms with Crippen molar-refractivity contribution in [3.63, 3.8) is 0 Å². The van der Waals surface area contributed by atoms with Gasteiger partial charge in [0.1, 0.15) is 35.9 Å². The van der Waals surface area contributed by atoms with E-state index in [0.29, 0.717) is 0 Å². The molecule has 6 fully saturated rings. The molecule has 3 amide bonds. The van der Waals surface area contributed by atoms with Crippen LogP contribution in [0.15, 0.2) is 30.3 Å². The van der Waals surface area contributed by atoms with Crippen LogP contribution in [-0.4, -0.2) is 120 Å². The zero-order valence-corrected chi connectivity index (χ0v) is 27.4. The van der Waals surface area contributed by atoms with Gasteiger partial charge >= 0.3 is 5.97 Å². The summed E-state index contributed by atoms with van der Waals surface area (Å²) in [4.78, 5) is 61.8. The molecule has 2 bridgehead atoms. The normalized spacial score (nSPS) is 33.1. The number of hydrogen-bond donors (Lipinski definition) is 4. The molecule has 48 heavy (non-hydrogen) atoms. The third kappa shape index (κ3) is 5.61. The summed E-state index contributed by atoms with van der Waals surface area (Å²) in [5.41, 5.74) is -0.0134. The Labute approximate surface area is 278 Å². The van der Waals surface area contributed by atoms with E-state index >= 15 is 0 Å². The lowest BCUT2D eigenvalue weighted by atomic mass is 9.62. The van der Waals surface area contributed by atoms with Crippen molar-refractivity contribution in [3.8, 4) is 0 Å². The Kier molecular flexibility index (Phi) is 8.61. The molecule has 3 heterocycles. The monoisotopic (exact) mass is 668 g/mol. The van der Waals surface area contributed by atoms with E-state index in [4.69, 9.17) is 19.0 Å². The van der Waals surface area contributed by atoms with Gasteiger partial charge in [0, 0.05) is 45.0 Å². The Morgan fingerprint density at radius 1 is 1.12 bits per heavy atom. The van der Waals surface area contributed by atoms with E-state index in [2.05, 4.69) is 10.6 Å². The molecule has 0 radical (unpaired) electrons. The largest absolute Gasteiger partial charge is 0.458 e. The summed E-state index contributed by atoms with van der Waals surface area (Å²) < 4.78 is 19.7. The van der Waals surface area contributed by atoms with E-state index < -0.39 is 71.6 Å². The van der Waals surface area contributed by atoms with E-state index in [1.165, 1.54) is 23.0 Å². The maximum absolute atomic E-state index is 14.6. The van der Waals surface area contributed by atoms with Gasteiger partial charge < -0.3 is 40.0 Å². The molecule has 3 saturated carbocycles. The molecule has 1 aromatic rings. The van der Waals surface area contributed by atoms with Crippen LogP contribution in [0.25, 0.3) is 6.08 Å². The summed E-state index contributed by atoms with van der Waals surface area (Å²) >= 11 is 0. The molecule has 0 spiro atoms. The number of nitrogens with one attached hydrogen (secondary N) is 2. The summed E-state index contributed by atoms with van der Waals surface area (Å²) in [6.45, 7) is 1.11. The summed E-state index contributed by atoms with van der Waals surface area (Å²) in [5, 5.41) is 26.5. The molecule has 8 unspecified atom stereocenters. The van der Waals surface area contributed by atoms with Gasteiger partial charge in [-0.25, -0.2) is 0 Å². The van der Waals surface area contributed by atoms with E-state index in [-0.39, 0.29) is 43.9 Å². The Balaban J connectivity index is 1.23. The lowest BCUT2D eigenvalue weighted by Gasteiger charge is -2.49. The lowest BCUT2D eigenvalue weighted by molar-refractivity contribution is -0.235. The summed E-state index contributed by atoms with van der Waals surface area (Å²) in [6.07, 6.45) is 2.75. The summed E-state index contributed by atoms with van der Waals surface area (Å²) in [5.74, 6) is -2.50. The molecule has 14 nitrogen and oxygen atoms in total. The van der Waals surface area contributed by atoms with Crippen molar-refractivity contribution in [1.29, 1.82) is 0 Å². The fraction of sp³-hybridized carbons (Fsp3) is 0.647. The third-order valence-electron chi connectivity index (χ3n) is 10.5. The second kappa shape index (κ2) is 12.5. The second-order valence-corrected chi connectivity index (χ2v) is 14.2. The van der Waals surface area contributed by atoms with Crippen LogP contribution in [0.3, 0.4) is 0 Å². The molecule has 14 heteroatoms. The minimum atomic E-state index is -1.53. The molecule has 6 aliphatic rings. The van der Waals surface area contributed by atoms with Gasteiger partial charge in [-0.15, -0.1) is 0 Å². The van der Waals surface area contributed by atoms with Gasteiger partial charge in [-0.3, -0.25) is 24.0 Å². The van der Waals surface area contributed by atoms with Crippen LogP contribution >= 0.6 is 0 Å². The number of esters is 1. The van der Waals surface area contributed by atoms with Crippen molar-refractivity contribution in [2.45, 2.75) is 94.0 Å². The number of aliphatic hydroxyl groups is 2. The van der Waals surface area contributed by atoms with E-state index in [9.17, 15) is 29.4 Å². The number of benzene rings is 1. The molecule has 3 aliphatic carbocycles. The van der Waals surface area contributed by atoms with E-state index in [1.54, 1.807) is 20.2 Å². The predicted molar refractivity (Wildman–Crippen MR) is 167 cm³/mol. The Bertz CT molecular complexity index is 1480. The first-order valence-electron chi connectivity index (χ1n) is 16.8. The van der Waals surface area contributed by atoms with Crippen molar-refractivity contribution < 1.29 is 48.4 Å². The summed E-state index contributed by atoms with van der Waals surface area (Å²) in [6, 6.07) is 4.86. The molecule has 7 rings (SSSR count). The van der Waals surface area contributed by atoms with Crippen LogP contribution in [0.5, 0.6) is 0 Å². The third-order valence-corrected chi connectivity index (χ3v) is 10.5. The number of carbonyl (C=O) groups excluding carboxylic acids is 4. The highest BCUT2D eigenvalue weighted by molar-refractivity contribution is 5.96. The van der Waals surface area contributed by atoms with Gasteiger partial charge in [-0.05, 0) is 49.8 Å². The topological polar surface area (TPSA) is 176 Å². The van der Waals surface area contributed by atoms with Crippen LogP contribution in [0.2, 0.25) is 0 Å². The predicted octanol–water partition coefficient (Wildman–Crippen LogP) is -0.138. The Morgan fingerprint density at radius 2 is 1.83 bits per heavy atom. The van der Waals surface area contributed by atoms with E-state index in [0.717, 1.165) is 36.8 Å². The first kappa shape index (κ1) is 33.1. The van der Waals surface area contributed by atoms with Crippen molar-refractivity contribution in [2.24, 2.45) is 17.3 Å². The van der Waals surface area contributed by atoms with Crippen LogP contribution in [0.1, 0.15) is 50.2 Å². The zero-order valence-electron chi connectivity index (χ0n) is 27.4. The fourth-order valence-corrected chi connectivity index (χ4v) is 7.93. The maximum atomic E-state index is 14.6. The number of hydrogen-bond acceptors (Lipinski definition) is 11. The number of aliphatic hydroxyl groups excluding tert-OH is 2. The first-order valence-corrected chi connectivity index (χ1v) is 16.8. The van der Waals surface area contributed by atoms with Crippen LogP contribution < -0.4 is 10.6 Å². The minimum Gasteiger partial charge on any atom is -0.458 e. The molecule has 8 atom stereocenters. The van der Waals surface area contributed by atoms with Crippen molar-refractivity contribution in [1.82, 2.24) is 20.6 Å². The smallest absolute Gasteiger partial charge is 0.327 e. The summed E-state index contributed by atoms with van der Waals surface area (Å²) in [7, 11) is 3.34. The highest BCUT2D eigenvalue weighted by Crippen LogP contribution is 2.63. The maximum Gasteiger partial charge on any atom is 0.327 e. The molecule has 3 saturated heterocycles. The average molecular weight is 669 g/mol. The van der Waals surface area contributed by atoms with Gasteiger partial charge in [0.2, 0.25) is 17.7 Å². The van der Waals surface area contributed by atoms with Gasteiger partial charge in [-0.1, -0.05) is 24.3 Å². The zero-order chi connectivity index (χ0) is 34.0. The van der Waals surface area contributed by atoms with Crippen molar-refractivity contribution >= 4 is 29.8 Å². The highest BCUT2D eigenvalue weighted by atomic mass is 16.8. The van der Waals surface area contributed by atoms with Gasteiger partial charge in [0.05, 0.1) is 19.3 Å². The number of likely N-dealkylation sites (N-methyl/N-ethyl adjacent to an activating group) is 1. The van der Waals surface area contributed by atoms with Gasteiger partial charge in [0.15, 0.2) is 11.8 Å². The van der Waals surface area contributed by atoms with Gasteiger partial charge in [-0.2, -0.15) is 5.06 Å². The standard InChI is InChI=1S/C34H44N4O10/c1-18(40)25(30(42)35-13-14-39)36-32(44)33-16-23-26-27(47-34(46-26,21-8-9-21)22-10-11-22)29(33)48-38(28(33)31(43)45-23)17-20-6-4-5-19(15-20)7-12-24(41)37(2)3/h4-7,12,15,18,21-23,25-29,39-40H,8-11,13-14,16-17H2,1-3H3,(H,35,42)(H,36,44). The molecule has 3 aliphatic heterocycles. The fourth-order valence-electron chi connectivity index (χ4n) is 7.93. The number of amides is 3. The molecule has 0 aromatic heterocycles. The van der Waals surface area contributed by atoms with E-state index in [1.807, 2.05) is 24.3 Å². The second-order valence-electron chi connectivity index (χ2n) is 14.2. The van der Waals surface area contributed by atoms with Crippen LogP contribution in [0, 0.1) is 17.3 Å². The van der Waals surface area contributed by atoms with Gasteiger partial charge in [0.25, 0.3) is 0 Å². The highest BCUT2D eigenvalue weighted by Gasteiger charge is 2.78. The Hall–Kier alpha value is -3.40. The molecule has 260 valence electrons. The number of carbonyl (C=O) groups is 4. The number of rotatable bonds is 12. The number of hydroxylamine groups is 2. The number of ether oxygens (including phenoxy) is 3. The lowest BCUT2D eigenvalue weighted by Crippen LogP contribution is -2.71. The van der Waals surface area contributed by atoms with Crippen molar-refractivity contribution in [3.05, 3.63) is 41.5 Å². The minimum absolute atomic E-state index is 0.0590. The molecular formula is C34H44N4O10. The average Bonchev–Trinajstić information content (AvgIpc) is 4.00. The molecular weight excluding hydrogens is 624 g/mol. The molecule has 4 N–H and O–H groups in total. The quantitative estimate of drug-likeness (QED) is 0.172. The van der Waals surface area contributed by atoms with Crippen LogP contribution in [0.4, 0.5) is 0 Å². The van der Waals surface area contributed by atoms with Crippen LogP contribution in [-0.2, 0) is 44.8 Å². The Morgan fingerprint density at radius 3 is 2.48 bits per heavy atom. The first-order chi connectivity index (χ1) is 23.0.